The van der Waals surface area contributed by atoms with Gasteiger partial charge in [0.2, 0.25) is 0 Å². The monoisotopic (exact) mass is 485 g/mol. The Morgan fingerprint density at radius 3 is 2.31 bits per heavy atom. The van der Waals surface area contributed by atoms with E-state index in [1.807, 2.05) is 19.2 Å². The van der Waals surface area contributed by atoms with Crippen LogP contribution in [0, 0.1) is 0 Å². The molecular weight excluding hydrogens is 474 g/mol. The Morgan fingerprint density at radius 2 is 1.76 bits per heavy atom. The number of carbonyl (C=O) groups is 2. The van der Waals surface area contributed by atoms with Gasteiger partial charge >= 0.3 is 12.2 Å². The molecule has 29 heavy (non-hydrogen) atoms. The predicted octanol–water partition coefficient (Wildman–Crippen LogP) is 6.33. The Balaban J connectivity index is 2.08. The average molecular weight is 487 g/mol. The fourth-order valence-electron chi connectivity index (χ4n) is 2.16. The highest BCUT2D eigenvalue weighted by molar-refractivity contribution is 7.98. The standard InChI is InChI=1S/C17H13Cl3F3N3O2S/c1-7(2)10-4-9(18)5-12(20)14(10)29-26-16(28)25-15(27)13-11(19)3-8(6-24-13)17(21,22)23/h3-7H,1-2H3,(H2,25,26,27,28). The molecule has 0 aliphatic heterocycles. The molecule has 0 spiro atoms. The van der Waals surface area contributed by atoms with Gasteiger partial charge in [-0.05, 0) is 41.6 Å². The number of alkyl halides is 3. The van der Waals surface area contributed by atoms with Crippen LogP contribution in [0.5, 0.6) is 0 Å². The summed E-state index contributed by atoms with van der Waals surface area (Å²) >= 11 is 18.7. The van der Waals surface area contributed by atoms with Crippen LogP contribution < -0.4 is 10.0 Å². The Hall–Kier alpha value is -1.68. The third-order valence-electron chi connectivity index (χ3n) is 3.52. The van der Waals surface area contributed by atoms with Crippen molar-refractivity contribution in [3.63, 3.8) is 0 Å². The minimum atomic E-state index is -4.66. The van der Waals surface area contributed by atoms with Crippen LogP contribution in [0.3, 0.4) is 0 Å². The van der Waals surface area contributed by atoms with Crippen molar-refractivity contribution in [2.75, 3.05) is 0 Å². The van der Waals surface area contributed by atoms with Crippen molar-refractivity contribution in [2.24, 2.45) is 0 Å². The third kappa shape index (κ3) is 6.15. The molecule has 3 amide bonds. The van der Waals surface area contributed by atoms with Crippen LogP contribution in [0.15, 0.2) is 29.3 Å². The highest BCUT2D eigenvalue weighted by atomic mass is 35.5. The number of benzene rings is 1. The zero-order valence-electron chi connectivity index (χ0n) is 14.8. The zero-order valence-corrected chi connectivity index (χ0v) is 17.9. The molecule has 1 heterocycles. The lowest BCUT2D eigenvalue weighted by Gasteiger charge is -2.15. The molecule has 0 saturated heterocycles. The number of aromatic nitrogens is 1. The van der Waals surface area contributed by atoms with Gasteiger partial charge in [-0.3, -0.25) is 14.8 Å². The van der Waals surface area contributed by atoms with E-state index in [0.29, 0.717) is 27.2 Å². The van der Waals surface area contributed by atoms with Gasteiger partial charge in [0.1, 0.15) is 5.69 Å². The van der Waals surface area contributed by atoms with E-state index in [4.69, 9.17) is 34.8 Å². The fourth-order valence-corrected chi connectivity index (χ4v) is 3.85. The average Bonchev–Trinajstić information content (AvgIpc) is 2.59. The Morgan fingerprint density at radius 1 is 1.10 bits per heavy atom. The lowest BCUT2D eigenvalue weighted by Crippen LogP contribution is -2.37. The second-order valence-electron chi connectivity index (χ2n) is 6.00. The van der Waals surface area contributed by atoms with E-state index in [0.717, 1.165) is 17.5 Å². The van der Waals surface area contributed by atoms with Crippen LogP contribution in [0.2, 0.25) is 15.1 Å². The number of nitrogens with zero attached hydrogens (tertiary/aromatic N) is 1. The largest absolute Gasteiger partial charge is 0.417 e. The summed E-state index contributed by atoms with van der Waals surface area (Å²) in [6, 6.07) is 2.84. The first kappa shape index (κ1) is 23.6. The van der Waals surface area contributed by atoms with E-state index < -0.39 is 34.4 Å². The molecular formula is C17H13Cl3F3N3O2S. The molecule has 0 radical (unpaired) electrons. The van der Waals surface area contributed by atoms with Crippen LogP contribution in [0.4, 0.5) is 18.0 Å². The number of hydrogen-bond donors (Lipinski definition) is 2. The van der Waals surface area contributed by atoms with Gasteiger partial charge in [0.15, 0.2) is 0 Å². The summed E-state index contributed by atoms with van der Waals surface area (Å²) in [7, 11) is 0. The van der Waals surface area contributed by atoms with Gasteiger partial charge in [-0.15, -0.1) is 0 Å². The number of carbonyl (C=O) groups excluding carboxylic acids is 2. The van der Waals surface area contributed by atoms with E-state index in [1.54, 1.807) is 6.07 Å². The molecule has 0 atom stereocenters. The molecule has 1 aromatic carbocycles. The van der Waals surface area contributed by atoms with Gasteiger partial charge in [-0.2, -0.15) is 13.2 Å². The quantitative estimate of drug-likeness (QED) is 0.495. The summed E-state index contributed by atoms with van der Waals surface area (Å²) < 4.78 is 40.3. The number of nitrogens with one attached hydrogen (secondary N) is 2. The van der Waals surface area contributed by atoms with Crippen molar-refractivity contribution in [3.05, 3.63) is 56.3 Å². The molecule has 2 aromatic rings. The van der Waals surface area contributed by atoms with Crippen molar-refractivity contribution >= 4 is 58.7 Å². The van der Waals surface area contributed by atoms with Crippen molar-refractivity contribution in [3.8, 4) is 0 Å². The molecule has 0 fully saturated rings. The Kier molecular flexibility index (Phi) is 7.67. The summed E-state index contributed by atoms with van der Waals surface area (Å²) in [4.78, 5) is 28.0. The topological polar surface area (TPSA) is 71.1 Å². The van der Waals surface area contributed by atoms with Gasteiger partial charge in [-0.25, -0.2) is 9.78 Å². The molecule has 0 aliphatic rings. The van der Waals surface area contributed by atoms with Crippen LogP contribution in [-0.2, 0) is 6.18 Å². The molecule has 0 saturated carbocycles. The van der Waals surface area contributed by atoms with E-state index >= 15 is 0 Å². The first-order chi connectivity index (χ1) is 13.4. The predicted molar refractivity (Wildman–Crippen MR) is 107 cm³/mol. The second-order valence-corrected chi connectivity index (χ2v) is 8.07. The van der Waals surface area contributed by atoms with E-state index in [1.165, 1.54) is 6.07 Å². The van der Waals surface area contributed by atoms with Gasteiger partial charge in [0.05, 0.1) is 20.5 Å². The summed E-state index contributed by atoms with van der Waals surface area (Å²) in [6.45, 7) is 3.82. The van der Waals surface area contributed by atoms with E-state index in [9.17, 15) is 22.8 Å². The fraction of sp³-hybridized carbons (Fsp3) is 0.235. The number of amides is 3. The first-order valence-corrected chi connectivity index (χ1v) is 9.85. The lowest BCUT2D eigenvalue weighted by molar-refractivity contribution is -0.137. The highest BCUT2D eigenvalue weighted by Crippen LogP contribution is 2.36. The molecule has 5 nitrogen and oxygen atoms in total. The molecule has 0 aliphatic carbocycles. The summed E-state index contributed by atoms with van der Waals surface area (Å²) in [5.74, 6) is -1.01. The number of imide groups is 1. The van der Waals surface area contributed by atoms with Gasteiger partial charge in [0.25, 0.3) is 5.91 Å². The normalized spacial score (nSPS) is 11.5. The minimum absolute atomic E-state index is 0.0512. The second kappa shape index (κ2) is 9.42. The number of rotatable bonds is 4. The summed E-state index contributed by atoms with van der Waals surface area (Å²) in [5, 5.41) is 2.14. The van der Waals surface area contributed by atoms with Crippen molar-refractivity contribution in [2.45, 2.75) is 30.8 Å². The summed E-state index contributed by atoms with van der Waals surface area (Å²) in [5.41, 5.74) is -0.851. The van der Waals surface area contributed by atoms with Gasteiger partial charge in [0, 0.05) is 11.2 Å². The summed E-state index contributed by atoms with van der Waals surface area (Å²) in [6.07, 6.45) is -4.21. The maximum absolute atomic E-state index is 12.6. The number of pyridine rings is 1. The van der Waals surface area contributed by atoms with E-state index in [-0.39, 0.29) is 5.92 Å². The number of urea groups is 1. The maximum atomic E-state index is 12.6. The molecule has 1 aromatic heterocycles. The molecule has 12 heteroatoms. The molecule has 2 rings (SSSR count). The van der Waals surface area contributed by atoms with Gasteiger partial charge < -0.3 is 0 Å². The smallest absolute Gasteiger partial charge is 0.277 e. The molecule has 0 unspecified atom stereocenters. The van der Waals surface area contributed by atoms with Crippen LogP contribution >= 0.6 is 46.8 Å². The van der Waals surface area contributed by atoms with Crippen LogP contribution in [0.1, 0.15) is 41.4 Å². The third-order valence-corrected chi connectivity index (χ3v) is 5.38. The molecule has 156 valence electrons. The maximum Gasteiger partial charge on any atom is 0.417 e. The zero-order chi connectivity index (χ0) is 21.9. The van der Waals surface area contributed by atoms with Crippen LogP contribution in [0.25, 0.3) is 0 Å². The van der Waals surface area contributed by atoms with E-state index in [2.05, 4.69) is 9.71 Å². The number of halogens is 6. The van der Waals surface area contributed by atoms with Crippen molar-refractivity contribution < 1.29 is 22.8 Å². The Labute approximate surface area is 183 Å². The minimum Gasteiger partial charge on any atom is -0.277 e. The first-order valence-electron chi connectivity index (χ1n) is 7.90. The van der Waals surface area contributed by atoms with Gasteiger partial charge in [-0.1, -0.05) is 48.7 Å². The number of hydrogen-bond acceptors (Lipinski definition) is 4. The van der Waals surface area contributed by atoms with Crippen molar-refractivity contribution in [1.29, 1.82) is 0 Å². The lowest BCUT2D eigenvalue weighted by atomic mass is 10.0. The molecule has 0 bridgehead atoms. The SMILES string of the molecule is CC(C)c1cc(Cl)cc(Cl)c1SNC(=O)NC(=O)c1ncc(C(F)(F)F)cc1Cl. The van der Waals surface area contributed by atoms with Crippen molar-refractivity contribution in [1.82, 2.24) is 15.0 Å². The van der Waals surface area contributed by atoms with Crippen LogP contribution in [-0.4, -0.2) is 16.9 Å². The molecule has 2 N–H and O–H groups in total. The Bertz CT molecular complexity index is 955. The highest BCUT2D eigenvalue weighted by Gasteiger charge is 2.32.